The summed E-state index contributed by atoms with van der Waals surface area (Å²) in [5.74, 6) is 0.174. The molecule has 0 radical (unpaired) electrons. The Morgan fingerprint density at radius 1 is 1.21 bits per heavy atom. The van der Waals surface area contributed by atoms with E-state index >= 15 is 0 Å². The number of halogens is 1. The number of fused-ring (bicyclic) bond motifs is 1. The Hall–Kier alpha value is -3.16. The van der Waals surface area contributed by atoms with Crippen molar-refractivity contribution in [2.24, 2.45) is 4.99 Å². The van der Waals surface area contributed by atoms with Crippen molar-refractivity contribution in [2.75, 3.05) is 6.61 Å². The second-order valence-corrected chi connectivity index (χ2v) is 9.44. The summed E-state index contributed by atoms with van der Waals surface area (Å²) in [6, 6.07) is 14.0. The molecule has 0 N–H and O–H groups in total. The normalized spacial score (nSPS) is 15.8. The van der Waals surface area contributed by atoms with Crippen LogP contribution in [0.15, 0.2) is 69.6 Å². The van der Waals surface area contributed by atoms with Gasteiger partial charge in [0.05, 0.1) is 28.5 Å². The first-order valence-electron chi connectivity index (χ1n) is 11.0. The number of ether oxygens (including phenoxy) is 2. The van der Waals surface area contributed by atoms with Crippen molar-refractivity contribution >= 4 is 35.0 Å². The average Bonchev–Trinajstić information content (AvgIpc) is 3.09. The van der Waals surface area contributed by atoms with Crippen LogP contribution in [0.25, 0.3) is 6.08 Å². The van der Waals surface area contributed by atoms with Gasteiger partial charge in [-0.25, -0.2) is 9.79 Å². The average molecular weight is 497 g/mol. The fraction of sp³-hybridized carbons (Fsp3) is 0.269. The maximum absolute atomic E-state index is 13.7. The molecule has 0 saturated heterocycles. The van der Waals surface area contributed by atoms with E-state index in [4.69, 9.17) is 21.1 Å². The summed E-state index contributed by atoms with van der Waals surface area (Å²) in [6.07, 6.45) is 1.79. The van der Waals surface area contributed by atoms with Gasteiger partial charge in [0.2, 0.25) is 0 Å². The van der Waals surface area contributed by atoms with Gasteiger partial charge in [-0.3, -0.25) is 9.36 Å². The summed E-state index contributed by atoms with van der Waals surface area (Å²) in [6.45, 7) is 7.60. The molecule has 3 aromatic rings. The van der Waals surface area contributed by atoms with E-state index in [-0.39, 0.29) is 18.3 Å². The lowest BCUT2D eigenvalue weighted by atomic mass is 9.96. The maximum Gasteiger partial charge on any atom is 0.338 e. The van der Waals surface area contributed by atoms with Crippen molar-refractivity contribution in [3.05, 3.63) is 95.6 Å². The highest BCUT2D eigenvalue weighted by molar-refractivity contribution is 7.07. The fourth-order valence-electron chi connectivity index (χ4n) is 3.88. The predicted molar refractivity (Wildman–Crippen MR) is 134 cm³/mol. The zero-order chi connectivity index (χ0) is 24.4. The van der Waals surface area contributed by atoms with Crippen molar-refractivity contribution in [2.45, 2.75) is 39.8 Å². The molecular formula is C26H25ClN2O4S. The number of para-hydroxylation sites is 1. The van der Waals surface area contributed by atoms with Gasteiger partial charge < -0.3 is 9.47 Å². The topological polar surface area (TPSA) is 69.9 Å². The molecule has 1 atom stereocenters. The minimum Gasteiger partial charge on any atom is -0.490 e. The second-order valence-electron chi connectivity index (χ2n) is 8.03. The molecule has 0 spiro atoms. The van der Waals surface area contributed by atoms with Gasteiger partial charge in [-0.2, -0.15) is 0 Å². The Labute approximate surface area is 206 Å². The fourth-order valence-corrected chi connectivity index (χ4v) is 5.16. The molecule has 0 unspecified atom stereocenters. The number of benzene rings is 2. The number of carbonyl (C=O) groups excluding carboxylic acids is 1. The standard InChI is InChI=1S/C26H25ClN2O4S/c1-5-32-25(31)22-16(4)28-26-29(23(22)18-11-7-8-12-19(18)27)24(30)21(34-26)14-17-10-6-9-13-20(17)33-15(2)3/h6-15,23H,5H2,1-4H3/b21-14-/t23-/m1/s1. The lowest BCUT2D eigenvalue weighted by Gasteiger charge is -2.25. The summed E-state index contributed by atoms with van der Waals surface area (Å²) in [5.41, 5.74) is 1.97. The van der Waals surface area contributed by atoms with Crippen LogP contribution < -0.4 is 19.6 Å². The largest absolute Gasteiger partial charge is 0.490 e. The van der Waals surface area contributed by atoms with Crippen LogP contribution in [0.5, 0.6) is 5.75 Å². The number of nitrogens with zero attached hydrogens (tertiary/aromatic N) is 2. The highest BCUT2D eigenvalue weighted by Crippen LogP contribution is 2.34. The predicted octanol–water partition coefficient (Wildman–Crippen LogP) is 4.24. The maximum atomic E-state index is 13.7. The first-order chi connectivity index (χ1) is 16.3. The molecule has 6 nitrogen and oxygen atoms in total. The lowest BCUT2D eigenvalue weighted by Crippen LogP contribution is -2.40. The molecular weight excluding hydrogens is 472 g/mol. The summed E-state index contributed by atoms with van der Waals surface area (Å²) in [5, 5.41) is 0.453. The van der Waals surface area contributed by atoms with Crippen LogP contribution in [0.4, 0.5) is 0 Å². The Bertz CT molecular complexity index is 1450. The third kappa shape index (κ3) is 4.58. The summed E-state index contributed by atoms with van der Waals surface area (Å²) in [4.78, 5) is 31.7. The Balaban J connectivity index is 1.96. The van der Waals surface area contributed by atoms with Crippen LogP contribution in [0, 0.1) is 0 Å². The third-order valence-corrected chi connectivity index (χ3v) is 6.61. The van der Waals surface area contributed by atoms with Gasteiger partial charge in [-0.05, 0) is 51.5 Å². The summed E-state index contributed by atoms with van der Waals surface area (Å²) < 4.78 is 13.2. The highest BCUT2D eigenvalue weighted by Gasteiger charge is 2.34. The van der Waals surface area contributed by atoms with Crippen molar-refractivity contribution < 1.29 is 14.3 Å². The summed E-state index contributed by atoms with van der Waals surface area (Å²) in [7, 11) is 0. The third-order valence-electron chi connectivity index (χ3n) is 5.29. The van der Waals surface area contributed by atoms with Crippen LogP contribution in [-0.2, 0) is 9.53 Å². The van der Waals surface area contributed by atoms with E-state index in [0.29, 0.717) is 36.9 Å². The number of esters is 1. The van der Waals surface area contributed by atoms with Gasteiger partial charge in [0.15, 0.2) is 4.80 Å². The minimum atomic E-state index is -0.742. The van der Waals surface area contributed by atoms with Gasteiger partial charge in [-0.1, -0.05) is 59.3 Å². The van der Waals surface area contributed by atoms with Crippen molar-refractivity contribution in [1.82, 2.24) is 4.57 Å². The van der Waals surface area contributed by atoms with E-state index in [2.05, 4.69) is 4.99 Å². The molecule has 0 amide bonds. The number of hydrogen-bond donors (Lipinski definition) is 0. The SMILES string of the molecule is CCOC(=O)C1=C(C)N=c2s/c(=C\c3ccccc3OC(C)C)c(=O)n2[C@@H]1c1ccccc1Cl. The van der Waals surface area contributed by atoms with Gasteiger partial charge in [0.25, 0.3) is 5.56 Å². The number of thiazole rings is 1. The van der Waals surface area contributed by atoms with Crippen LogP contribution in [0.2, 0.25) is 5.02 Å². The molecule has 0 fully saturated rings. The number of carbonyl (C=O) groups is 1. The van der Waals surface area contributed by atoms with E-state index in [1.807, 2.05) is 56.3 Å². The smallest absolute Gasteiger partial charge is 0.338 e. The van der Waals surface area contributed by atoms with Crippen LogP contribution in [0.3, 0.4) is 0 Å². The quantitative estimate of drug-likeness (QED) is 0.479. The second kappa shape index (κ2) is 9.99. The van der Waals surface area contributed by atoms with Crippen molar-refractivity contribution in [3.8, 4) is 5.75 Å². The molecule has 0 saturated carbocycles. The van der Waals surface area contributed by atoms with Gasteiger partial charge >= 0.3 is 5.97 Å². The molecule has 1 aliphatic rings. The number of allylic oxidation sites excluding steroid dienone is 1. The minimum absolute atomic E-state index is 0.00854. The Morgan fingerprint density at radius 2 is 1.91 bits per heavy atom. The van der Waals surface area contributed by atoms with Gasteiger partial charge in [-0.15, -0.1) is 0 Å². The van der Waals surface area contributed by atoms with Crippen LogP contribution >= 0.6 is 22.9 Å². The number of hydrogen-bond acceptors (Lipinski definition) is 6. The molecule has 34 heavy (non-hydrogen) atoms. The van der Waals surface area contributed by atoms with Gasteiger partial charge in [0, 0.05) is 10.6 Å². The van der Waals surface area contributed by atoms with E-state index in [1.54, 1.807) is 26.0 Å². The van der Waals surface area contributed by atoms with Crippen LogP contribution in [-0.4, -0.2) is 23.2 Å². The van der Waals surface area contributed by atoms with Crippen molar-refractivity contribution in [3.63, 3.8) is 0 Å². The number of aromatic nitrogens is 1. The van der Waals surface area contributed by atoms with E-state index < -0.39 is 12.0 Å². The highest BCUT2D eigenvalue weighted by atomic mass is 35.5. The molecule has 1 aromatic heterocycles. The Morgan fingerprint density at radius 3 is 2.62 bits per heavy atom. The molecule has 4 rings (SSSR count). The molecule has 8 heteroatoms. The summed E-state index contributed by atoms with van der Waals surface area (Å²) >= 11 is 7.80. The Kier molecular flexibility index (Phi) is 7.05. The van der Waals surface area contributed by atoms with Crippen molar-refractivity contribution in [1.29, 1.82) is 0 Å². The number of rotatable bonds is 6. The lowest BCUT2D eigenvalue weighted by molar-refractivity contribution is -0.139. The van der Waals surface area contributed by atoms with E-state index in [0.717, 1.165) is 5.56 Å². The molecule has 2 heterocycles. The molecule has 0 bridgehead atoms. The van der Waals surface area contributed by atoms with E-state index in [9.17, 15) is 9.59 Å². The van der Waals surface area contributed by atoms with Crippen LogP contribution in [0.1, 0.15) is 44.9 Å². The van der Waals surface area contributed by atoms with Gasteiger partial charge in [0.1, 0.15) is 11.8 Å². The zero-order valence-corrected chi connectivity index (χ0v) is 20.9. The molecule has 0 aliphatic carbocycles. The zero-order valence-electron chi connectivity index (χ0n) is 19.4. The molecule has 176 valence electrons. The molecule has 1 aliphatic heterocycles. The first-order valence-corrected chi connectivity index (χ1v) is 12.2. The molecule has 2 aromatic carbocycles. The monoisotopic (exact) mass is 496 g/mol. The van der Waals surface area contributed by atoms with E-state index in [1.165, 1.54) is 15.9 Å². The first kappa shape index (κ1) is 24.0.